The zero-order valence-electron chi connectivity index (χ0n) is 17.1. The van der Waals surface area contributed by atoms with Gasteiger partial charge in [-0.25, -0.2) is 0 Å². The Morgan fingerprint density at radius 3 is 2.61 bits per heavy atom. The van der Waals surface area contributed by atoms with Gasteiger partial charge in [-0.1, -0.05) is 30.0 Å². The average molecular weight is 450 g/mol. The van der Waals surface area contributed by atoms with E-state index in [1.807, 2.05) is 35.8 Å². The molecule has 1 amide bonds. The summed E-state index contributed by atoms with van der Waals surface area (Å²) in [6, 6.07) is 11.9. The van der Waals surface area contributed by atoms with E-state index in [0.717, 1.165) is 17.7 Å². The summed E-state index contributed by atoms with van der Waals surface area (Å²) in [5.74, 6) is 0.818. The quantitative estimate of drug-likeness (QED) is 0.507. The predicted octanol–water partition coefficient (Wildman–Crippen LogP) is 5.11. The summed E-state index contributed by atoms with van der Waals surface area (Å²) in [5, 5.41) is 10.9. The van der Waals surface area contributed by atoms with E-state index < -0.39 is 22.9 Å². The minimum atomic E-state index is -4.48. The molecular formula is C21H21F3N4O2S. The van der Waals surface area contributed by atoms with Crippen molar-refractivity contribution in [2.24, 2.45) is 0 Å². The maximum absolute atomic E-state index is 12.9. The molecule has 10 heteroatoms. The normalized spacial score (nSPS) is 12.5. The molecule has 3 rings (SSSR count). The molecule has 0 radical (unpaired) electrons. The average Bonchev–Trinajstić information content (AvgIpc) is 3.15. The fraction of sp³-hybridized carbons (Fsp3) is 0.286. The molecule has 31 heavy (non-hydrogen) atoms. The molecule has 1 atom stereocenters. The number of carbonyl (C=O) groups is 1. The van der Waals surface area contributed by atoms with Crippen LogP contribution in [0.25, 0.3) is 11.4 Å². The zero-order valence-corrected chi connectivity index (χ0v) is 17.9. The van der Waals surface area contributed by atoms with Gasteiger partial charge in [-0.2, -0.15) is 13.2 Å². The number of nitrogens with one attached hydrogen (secondary N) is 1. The summed E-state index contributed by atoms with van der Waals surface area (Å²) in [4.78, 5) is 12.6. The Balaban J connectivity index is 1.77. The summed E-state index contributed by atoms with van der Waals surface area (Å²) in [6.45, 7) is 4.15. The largest absolute Gasteiger partial charge is 0.496 e. The first-order valence-electron chi connectivity index (χ1n) is 9.46. The van der Waals surface area contributed by atoms with Crippen LogP contribution in [0.3, 0.4) is 0 Å². The molecule has 0 aliphatic rings. The fourth-order valence-electron chi connectivity index (χ4n) is 2.92. The van der Waals surface area contributed by atoms with Gasteiger partial charge >= 0.3 is 6.18 Å². The van der Waals surface area contributed by atoms with E-state index in [0.29, 0.717) is 23.3 Å². The molecule has 1 N–H and O–H groups in total. The number of thioether (sulfide) groups is 1. The number of halogens is 3. The molecule has 0 saturated heterocycles. The van der Waals surface area contributed by atoms with E-state index in [4.69, 9.17) is 4.74 Å². The molecule has 0 saturated carbocycles. The van der Waals surface area contributed by atoms with Crippen LogP contribution in [0.2, 0.25) is 0 Å². The number of rotatable bonds is 7. The predicted molar refractivity (Wildman–Crippen MR) is 113 cm³/mol. The Labute approximate surface area is 181 Å². The van der Waals surface area contributed by atoms with Crippen LogP contribution in [0.5, 0.6) is 5.75 Å². The molecule has 0 spiro atoms. The van der Waals surface area contributed by atoms with E-state index in [-0.39, 0.29) is 5.69 Å². The minimum absolute atomic E-state index is 0.0824. The van der Waals surface area contributed by atoms with Crippen molar-refractivity contribution in [1.29, 1.82) is 0 Å². The Hall–Kier alpha value is -3.01. The van der Waals surface area contributed by atoms with Crippen LogP contribution >= 0.6 is 11.8 Å². The smallest absolute Gasteiger partial charge is 0.416 e. The van der Waals surface area contributed by atoms with Crippen LogP contribution in [0.15, 0.2) is 53.7 Å². The second-order valence-corrected chi connectivity index (χ2v) is 7.89. The first-order chi connectivity index (χ1) is 14.7. The van der Waals surface area contributed by atoms with Crippen molar-refractivity contribution >= 4 is 23.4 Å². The third-order valence-electron chi connectivity index (χ3n) is 4.49. The molecule has 0 fully saturated rings. The molecule has 164 valence electrons. The molecule has 0 aliphatic heterocycles. The van der Waals surface area contributed by atoms with Crippen molar-refractivity contribution < 1.29 is 22.7 Å². The number of carbonyl (C=O) groups excluding carboxylic acids is 1. The Kier molecular flexibility index (Phi) is 6.89. The lowest BCUT2D eigenvalue weighted by molar-refractivity contribution is -0.137. The second-order valence-electron chi connectivity index (χ2n) is 6.58. The van der Waals surface area contributed by atoms with Crippen LogP contribution in [0.1, 0.15) is 19.4 Å². The molecular weight excluding hydrogens is 429 g/mol. The number of amides is 1. The number of aromatic nitrogens is 3. The monoisotopic (exact) mass is 450 g/mol. The van der Waals surface area contributed by atoms with E-state index in [1.165, 1.54) is 23.9 Å². The van der Waals surface area contributed by atoms with E-state index in [9.17, 15) is 18.0 Å². The number of hydrogen-bond acceptors (Lipinski definition) is 5. The highest BCUT2D eigenvalue weighted by molar-refractivity contribution is 8.00. The zero-order chi connectivity index (χ0) is 22.6. The summed E-state index contributed by atoms with van der Waals surface area (Å²) in [6.07, 6.45) is -4.48. The fourth-order valence-corrected chi connectivity index (χ4v) is 3.83. The van der Waals surface area contributed by atoms with Gasteiger partial charge in [-0.15, -0.1) is 10.2 Å². The summed E-state index contributed by atoms with van der Waals surface area (Å²) in [7, 11) is 1.57. The van der Waals surface area contributed by atoms with Crippen LogP contribution in [0, 0.1) is 0 Å². The SMILES string of the molecule is CCn1c(SC(C)C(=O)Nc2cccc(C(F)(F)F)c2)nnc1-c1ccccc1OC. The first kappa shape index (κ1) is 22.7. The number of ether oxygens (including phenoxy) is 1. The Bertz CT molecular complexity index is 1070. The molecule has 1 heterocycles. The highest BCUT2D eigenvalue weighted by atomic mass is 32.2. The van der Waals surface area contributed by atoms with Gasteiger partial charge in [-0.05, 0) is 44.2 Å². The highest BCUT2D eigenvalue weighted by Gasteiger charge is 2.30. The van der Waals surface area contributed by atoms with Gasteiger partial charge in [0.2, 0.25) is 5.91 Å². The number of para-hydroxylation sites is 1. The molecule has 2 aromatic carbocycles. The van der Waals surface area contributed by atoms with Crippen molar-refractivity contribution in [1.82, 2.24) is 14.8 Å². The maximum Gasteiger partial charge on any atom is 0.416 e. The number of benzene rings is 2. The number of nitrogens with zero attached hydrogens (tertiary/aromatic N) is 3. The lowest BCUT2D eigenvalue weighted by Crippen LogP contribution is -2.23. The lowest BCUT2D eigenvalue weighted by atomic mass is 10.2. The second kappa shape index (κ2) is 9.42. The van der Waals surface area contributed by atoms with Gasteiger partial charge < -0.3 is 14.6 Å². The molecule has 0 bridgehead atoms. The summed E-state index contributed by atoms with van der Waals surface area (Å²) < 4.78 is 45.9. The summed E-state index contributed by atoms with van der Waals surface area (Å²) in [5.41, 5.74) is 0.0315. The first-order valence-corrected chi connectivity index (χ1v) is 10.3. The minimum Gasteiger partial charge on any atom is -0.496 e. The van der Waals surface area contributed by atoms with Crippen molar-refractivity contribution in [3.63, 3.8) is 0 Å². The maximum atomic E-state index is 12.9. The Morgan fingerprint density at radius 2 is 1.94 bits per heavy atom. The molecule has 1 unspecified atom stereocenters. The third kappa shape index (κ3) is 5.19. The lowest BCUT2D eigenvalue weighted by Gasteiger charge is -2.14. The standard InChI is InChI=1S/C21H21F3N4O2S/c1-4-28-18(16-10-5-6-11-17(16)30-3)26-27-20(28)31-13(2)19(29)25-15-9-7-8-14(12-15)21(22,23)24/h5-13H,4H2,1-3H3,(H,25,29). The molecule has 3 aromatic rings. The van der Waals surface area contributed by atoms with Crippen molar-refractivity contribution in [3.05, 3.63) is 54.1 Å². The van der Waals surface area contributed by atoms with Crippen LogP contribution in [0.4, 0.5) is 18.9 Å². The van der Waals surface area contributed by atoms with E-state index in [1.54, 1.807) is 14.0 Å². The number of anilines is 1. The van der Waals surface area contributed by atoms with Crippen molar-refractivity contribution in [2.75, 3.05) is 12.4 Å². The van der Waals surface area contributed by atoms with Gasteiger partial charge in [0.25, 0.3) is 0 Å². The third-order valence-corrected chi connectivity index (χ3v) is 5.57. The van der Waals surface area contributed by atoms with Gasteiger partial charge in [0.15, 0.2) is 11.0 Å². The van der Waals surface area contributed by atoms with Crippen LogP contribution in [-0.4, -0.2) is 33.0 Å². The van der Waals surface area contributed by atoms with Gasteiger partial charge in [-0.3, -0.25) is 4.79 Å². The highest BCUT2D eigenvalue weighted by Crippen LogP contribution is 2.33. The van der Waals surface area contributed by atoms with Crippen LogP contribution in [-0.2, 0) is 17.5 Å². The Morgan fingerprint density at radius 1 is 1.19 bits per heavy atom. The van der Waals surface area contributed by atoms with Crippen LogP contribution < -0.4 is 10.1 Å². The van der Waals surface area contributed by atoms with E-state index >= 15 is 0 Å². The van der Waals surface area contributed by atoms with Crippen molar-refractivity contribution in [3.8, 4) is 17.1 Å². The summed E-state index contributed by atoms with van der Waals surface area (Å²) >= 11 is 1.18. The van der Waals surface area contributed by atoms with Gasteiger partial charge in [0.1, 0.15) is 5.75 Å². The van der Waals surface area contributed by atoms with Gasteiger partial charge in [0, 0.05) is 12.2 Å². The number of hydrogen-bond donors (Lipinski definition) is 1. The number of methoxy groups -OCH3 is 1. The topological polar surface area (TPSA) is 69.0 Å². The van der Waals surface area contributed by atoms with E-state index in [2.05, 4.69) is 15.5 Å². The van der Waals surface area contributed by atoms with Crippen molar-refractivity contribution in [2.45, 2.75) is 37.0 Å². The van der Waals surface area contributed by atoms with Gasteiger partial charge in [0.05, 0.1) is 23.5 Å². The molecule has 1 aromatic heterocycles. The molecule has 0 aliphatic carbocycles. The molecule has 6 nitrogen and oxygen atoms in total. The number of alkyl halides is 3.